The zero-order valence-corrected chi connectivity index (χ0v) is 11.5. The smallest absolute Gasteiger partial charge is 0.407 e. The molecule has 6 nitrogen and oxygen atoms in total. The summed E-state index contributed by atoms with van der Waals surface area (Å²) in [6.07, 6.45) is -1.13. The zero-order chi connectivity index (χ0) is 14.1. The second kappa shape index (κ2) is 5.13. The number of alkyl carbamates (subject to hydrolysis) is 1. The van der Waals surface area contributed by atoms with Crippen LogP contribution in [0.5, 0.6) is 0 Å². The van der Waals surface area contributed by atoms with Crippen LogP contribution in [0.3, 0.4) is 0 Å². The molecule has 0 unspecified atom stereocenters. The fourth-order valence-corrected chi connectivity index (χ4v) is 2.56. The second-order valence-electron chi connectivity index (χ2n) is 4.78. The van der Waals surface area contributed by atoms with Crippen molar-refractivity contribution in [1.29, 1.82) is 0 Å². The fourth-order valence-electron chi connectivity index (χ4n) is 2.56. The molecular formula is C14H17N3O3. The van der Waals surface area contributed by atoms with Crippen LogP contribution in [0.1, 0.15) is 18.7 Å². The molecule has 1 aromatic heterocycles. The van der Waals surface area contributed by atoms with Crippen molar-refractivity contribution in [2.75, 3.05) is 13.7 Å². The number of benzene rings is 1. The maximum atomic E-state index is 11.4. The maximum absolute atomic E-state index is 11.4. The third kappa shape index (κ3) is 2.12. The first kappa shape index (κ1) is 12.9. The summed E-state index contributed by atoms with van der Waals surface area (Å²) < 4.78 is 13.1. The molecular weight excluding hydrogens is 258 g/mol. The molecule has 6 heteroatoms. The Morgan fingerprint density at radius 2 is 2.35 bits per heavy atom. The van der Waals surface area contributed by atoms with Gasteiger partial charge in [0, 0.05) is 12.4 Å². The summed E-state index contributed by atoms with van der Waals surface area (Å²) >= 11 is 0. The largest absolute Gasteiger partial charge is 0.443 e. The molecule has 2 atom stereocenters. The Morgan fingerprint density at radius 1 is 1.55 bits per heavy atom. The van der Waals surface area contributed by atoms with Crippen LogP contribution in [-0.2, 0) is 16.0 Å². The molecule has 20 heavy (non-hydrogen) atoms. The number of aromatic nitrogens is 2. The van der Waals surface area contributed by atoms with E-state index < -0.39 is 6.09 Å². The van der Waals surface area contributed by atoms with Crippen molar-refractivity contribution in [3.05, 3.63) is 30.0 Å². The first-order chi connectivity index (χ1) is 9.70. The van der Waals surface area contributed by atoms with E-state index in [-0.39, 0.29) is 12.2 Å². The predicted molar refractivity (Wildman–Crippen MR) is 73.4 cm³/mol. The monoisotopic (exact) mass is 275 g/mol. The minimum atomic E-state index is -0.456. The van der Waals surface area contributed by atoms with Crippen LogP contribution in [0.2, 0.25) is 0 Å². The molecule has 1 amide bonds. The molecule has 2 aromatic rings. The number of carbonyl (C=O) groups excluding carboxylic acids is 1. The molecule has 1 aromatic carbocycles. The van der Waals surface area contributed by atoms with Crippen LogP contribution in [-0.4, -0.2) is 35.6 Å². The lowest BCUT2D eigenvalue weighted by atomic mass is 10.1. The van der Waals surface area contributed by atoms with Crippen molar-refractivity contribution >= 4 is 17.0 Å². The molecule has 1 aliphatic heterocycles. The molecule has 0 radical (unpaired) electrons. The SMILES string of the molecule is CNC(=O)O[C@H](C)[C@@H]1OCCn2nc3ccccc3c21. The lowest BCUT2D eigenvalue weighted by Crippen LogP contribution is -2.34. The summed E-state index contributed by atoms with van der Waals surface area (Å²) in [5.74, 6) is 0. The lowest BCUT2D eigenvalue weighted by molar-refractivity contribution is -0.0588. The summed E-state index contributed by atoms with van der Waals surface area (Å²) in [5.41, 5.74) is 1.91. The van der Waals surface area contributed by atoms with Crippen molar-refractivity contribution in [2.45, 2.75) is 25.7 Å². The molecule has 0 bridgehead atoms. The van der Waals surface area contributed by atoms with Crippen LogP contribution >= 0.6 is 0 Å². The molecule has 106 valence electrons. The highest BCUT2D eigenvalue weighted by molar-refractivity contribution is 5.82. The minimum Gasteiger partial charge on any atom is -0.443 e. The van der Waals surface area contributed by atoms with Crippen molar-refractivity contribution in [3.8, 4) is 0 Å². The van der Waals surface area contributed by atoms with Crippen LogP contribution < -0.4 is 5.32 Å². The van der Waals surface area contributed by atoms with Crippen LogP contribution in [0.15, 0.2) is 24.3 Å². The third-order valence-corrected chi connectivity index (χ3v) is 3.48. The Kier molecular flexibility index (Phi) is 3.31. The average Bonchev–Trinajstić information content (AvgIpc) is 2.85. The summed E-state index contributed by atoms with van der Waals surface area (Å²) in [5, 5.41) is 8.06. The van der Waals surface area contributed by atoms with E-state index in [2.05, 4.69) is 10.4 Å². The Labute approximate surface area is 116 Å². The molecule has 0 spiro atoms. The number of nitrogens with one attached hydrogen (secondary N) is 1. The van der Waals surface area contributed by atoms with Gasteiger partial charge in [0.05, 0.1) is 24.4 Å². The van der Waals surface area contributed by atoms with Crippen molar-refractivity contribution in [2.24, 2.45) is 0 Å². The van der Waals surface area contributed by atoms with E-state index in [0.717, 1.165) is 16.6 Å². The van der Waals surface area contributed by atoms with Gasteiger partial charge in [0.25, 0.3) is 0 Å². The molecule has 0 fully saturated rings. The first-order valence-corrected chi connectivity index (χ1v) is 6.66. The van der Waals surface area contributed by atoms with Gasteiger partial charge in [-0.3, -0.25) is 4.68 Å². The van der Waals surface area contributed by atoms with E-state index in [1.807, 2.05) is 35.9 Å². The number of ether oxygens (including phenoxy) is 2. The molecule has 1 aliphatic rings. The van der Waals surface area contributed by atoms with Gasteiger partial charge in [-0.25, -0.2) is 4.79 Å². The lowest BCUT2D eigenvalue weighted by Gasteiger charge is -2.29. The molecule has 2 heterocycles. The quantitative estimate of drug-likeness (QED) is 0.908. The van der Waals surface area contributed by atoms with Gasteiger partial charge in [-0.15, -0.1) is 0 Å². The topological polar surface area (TPSA) is 65.4 Å². The van der Waals surface area contributed by atoms with Gasteiger partial charge >= 0.3 is 6.09 Å². The van der Waals surface area contributed by atoms with Crippen molar-refractivity contribution < 1.29 is 14.3 Å². The van der Waals surface area contributed by atoms with Crippen molar-refractivity contribution in [3.63, 3.8) is 0 Å². The number of rotatable bonds is 2. The number of fused-ring (bicyclic) bond motifs is 3. The van der Waals surface area contributed by atoms with Gasteiger partial charge in [-0.05, 0) is 13.0 Å². The van der Waals surface area contributed by atoms with Crippen LogP contribution in [0.25, 0.3) is 10.9 Å². The second-order valence-corrected chi connectivity index (χ2v) is 4.78. The molecule has 3 rings (SSSR count). The predicted octanol–water partition coefficient (Wildman–Crippen LogP) is 1.85. The van der Waals surface area contributed by atoms with Crippen LogP contribution in [0, 0.1) is 0 Å². The number of carbonyl (C=O) groups is 1. The fraction of sp³-hybridized carbons (Fsp3) is 0.429. The van der Waals surface area contributed by atoms with Gasteiger partial charge in [-0.1, -0.05) is 18.2 Å². The Balaban J connectivity index is 1.98. The van der Waals surface area contributed by atoms with Crippen molar-refractivity contribution in [1.82, 2.24) is 15.1 Å². The van der Waals surface area contributed by atoms with Gasteiger partial charge in [0.15, 0.2) is 0 Å². The highest BCUT2D eigenvalue weighted by Crippen LogP contribution is 2.32. The van der Waals surface area contributed by atoms with Gasteiger partial charge in [-0.2, -0.15) is 5.10 Å². The van der Waals surface area contributed by atoms with E-state index >= 15 is 0 Å². The Hall–Kier alpha value is -2.08. The average molecular weight is 275 g/mol. The maximum Gasteiger partial charge on any atom is 0.407 e. The Bertz CT molecular complexity index is 638. The van der Waals surface area contributed by atoms with E-state index in [1.54, 1.807) is 0 Å². The number of amides is 1. The summed E-state index contributed by atoms with van der Waals surface area (Å²) in [6.45, 7) is 3.11. The molecule has 0 saturated carbocycles. The van der Waals surface area contributed by atoms with E-state index in [1.165, 1.54) is 7.05 Å². The summed E-state index contributed by atoms with van der Waals surface area (Å²) in [6, 6.07) is 7.92. The summed E-state index contributed by atoms with van der Waals surface area (Å²) in [7, 11) is 1.54. The summed E-state index contributed by atoms with van der Waals surface area (Å²) in [4.78, 5) is 11.4. The van der Waals surface area contributed by atoms with E-state index in [4.69, 9.17) is 9.47 Å². The highest BCUT2D eigenvalue weighted by atomic mass is 16.6. The molecule has 0 aliphatic carbocycles. The Morgan fingerprint density at radius 3 is 3.15 bits per heavy atom. The third-order valence-electron chi connectivity index (χ3n) is 3.48. The first-order valence-electron chi connectivity index (χ1n) is 6.66. The van der Waals surface area contributed by atoms with Gasteiger partial charge in [0.2, 0.25) is 0 Å². The molecule has 0 saturated heterocycles. The molecule has 1 N–H and O–H groups in total. The normalized spacial score (nSPS) is 19.4. The number of nitrogens with zero attached hydrogens (tertiary/aromatic N) is 2. The van der Waals surface area contributed by atoms with E-state index in [9.17, 15) is 4.79 Å². The highest BCUT2D eigenvalue weighted by Gasteiger charge is 2.31. The van der Waals surface area contributed by atoms with Gasteiger partial charge in [0.1, 0.15) is 12.2 Å². The number of hydrogen-bond acceptors (Lipinski definition) is 4. The van der Waals surface area contributed by atoms with E-state index in [0.29, 0.717) is 13.2 Å². The zero-order valence-electron chi connectivity index (χ0n) is 11.5. The standard InChI is InChI=1S/C14H17N3O3/c1-9(20-14(18)15-2)13-12-10-5-3-4-6-11(10)16-17(12)7-8-19-13/h3-6,9,13H,7-8H2,1-2H3,(H,15,18)/t9-,13+/m1/s1. The van der Waals surface area contributed by atoms with Crippen LogP contribution in [0.4, 0.5) is 4.79 Å². The van der Waals surface area contributed by atoms with Gasteiger partial charge < -0.3 is 14.8 Å². The minimum absolute atomic E-state index is 0.298. The number of hydrogen-bond donors (Lipinski definition) is 1.